The molecular weight excluding hydrogens is 268 g/mol. The molecule has 1 N–H and O–H groups in total. The van der Waals surface area contributed by atoms with E-state index in [4.69, 9.17) is 46.4 Å². The normalized spacial score (nSPS) is 28.6. The molecule has 2 atom stereocenters. The maximum absolute atomic E-state index is 11.3. The minimum Gasteiger partial charge on any atom is -0.348 e. The number of amides is 1. The number of hydrogen-bond acceptors (Lipinski definition) is 1. The minimum atomic E-state index is -1.89. The van der Waals surface area contributed by atoms with Crippen LogP contribution in [-0.4, -0.2) is 21.1 Å². The Balaban J connectivity index is 2.46. The van der Waals surface area contributed by atoms with E-state index < -0.39 is 9.70 Å². The first kappa shape index (κ1) is 12.7. The lowest BCUT2D eigenvalue weighted by atomic mass is 9.95. The van der Waals surface area contributed by atoms with E-state index in [2.05, 4.69) is 5.32 Å². The third-order valence-electron chi connectivity index (χ3n) is 2.26. The number of rotatable bonds is 1. The number of hydrogen-bond donors (Lipinski definition) is 1. The summed E-state index contributed by atoms with van der Waals surface area (Å²) in [5.41, 5.74) is 0. The molecule has 0 bridgehead atoms. The van der Waals surface area contributed by atoms with E-state index in [1.807, 2.05) is 0 Å². The monoisotopic (exact) mass is 277 g/mol. The SMILES string of the molecule is O=C(N[C@H]1CCCC[C@H]1Cl)C(Cl)(Cl)Cl. The molecule has 82 valence electrons. The highest BCUT2D eigenvalue weighted by Gasteiger charge is 2.34. The number of alkyl halides is 4. The van der Waals surface area contributed by atoms with Crippen LogP contribution < -0.4 is 5.32 Å². The fourth-order valence-electron chi connectivity index (χ4n) is 1.50. The van der Waals surface area contributed by atoms with E-state index >= 15 is 0 Å². The molecule has 0 heterocycles. The standard InChI is InChI=1S/C8H11Cl4NO/c9-5-3-1-2-4-6(5)13-7(14)8(10,11)12/h5-6H,1-4H2,(H,13,14)/t5-,6+/m1/s1. The highest BCUT2D eigenvalue weighted by atomic mass is 35.6. The van der Waals surface area contributed by atoms with E-state index in [1.165, 1.54) is 0 Å². The zero-order valence-corrected chi connectivity index (χ0v) is 10.4. The van der Waals surface area contributed by atoms with Gasteiger partial charge in [-0.05, 0) is 12.8 Å². The zero-order chi connectivity index (χ0) is 10.8. The van der Waals surface area contributed by atoms with Gasteiger partial charge in [0, 0.05) is 6.04 Å². The van der Waals surface area contributed by atoms with Crippen molar-refractivity contribution in [2.24, 2.45) is 0 Å². The van der Waals surface area contributed by atoms with Crippen molar-refractivity contribution in [2.45, 2.75) is 40.9 Å². The van der Waals surface area contributed by atoms with Crippen LogP contribution in [0.5, 0.6) is 0 Å². The molecule has 1 rings (SSSR count). The Labute approximate surface area is 103 Å². The third-order valence-corrected chi connectivity index (χ3v) is 3.29. The van der Waals surface area contributed by atoms with Crippen molar-refractivity contribution in [3.63, 3.8) is 0 Å². The predicted molar refractivity (Wildman–Crippen MR) is 60.3 cm³/mol. The van der Waals surface area contributed by atoms with Crippen LogP contribution in [0.2, 0.25) is 0 Å². The highest BCUT2D eigenvalue weighted by Crippen LogP contribution is 2.28. The largest absolute Gasteiger partial charge is 0.348 e. The first-order valence-corrected chi connectivity index (χ1v) is 6.00. The van der Waals surface area contributed by atoms with Gasteiger partial charge in [0.25, 0.3) is 9.70 Å². The Bertz CT molecular complexity index is 216. The van der Waals surface area contributed by atoms with Crippen molar-refractivity contribution >= 4 is 52.3 Å². The number of carbonyl (C=O) groups is 1. The van der Waals surface area contributed by atoms with Gasteiger partial charge in [-0.2, -0.15) is 0 Å². The Morgan fingerprint density at radius 2 is 1.79 bits per heavy atom. The van der Waals surface area contributed by atoms with E-state index in [9.17, 15) is 4.79 Å². The molecule has 6 heteroatoms. The maximum atomic E-state index is 11.3. The quantitative estimate of drug-likeness (QED) is 0.734. The number of halogens is 4. The van der Waals surface area contributed by atoms with Crippen LogP contribution in [0.25, 0.3) is 0 Å². The molecule has 1 aliphatic rings. The van der Waals surface area contributed by atoms with Crippen molar-refractivity contribution in [1.82, 2.24) is 5.32 Å². The average Bonchev–Trinajstić information content (AvgIpc) is 2.07. The summed E-state index contributed by atoms with van der Waals surface area (Å²) in [4.78, 5) is 11.3. The van der Waals surface area contributed by atoms with Gasteiger partial charge >= 0.3 is 0 Å². The first-order chi connectivity index (χ1) is 6.41. The van der Waals surface area contributed by atoms with Crippen LogP contribution in [0.3, 0.4) is 0 Å². The van der Waals surface area contributed by atoms with Gasteiger partial charge in [0.05, 0.1) is 5.38 Å². The van der Waals surface area contributed by atoms with Gasteiger partial charge < -0.3 is 5.32 Å². The molecule has 1 fully saturated rings. The van der Waals surface area contributed by atoms with Crippen molar-refractivity contribution in [3.8, 4) is 0 Å². The summed E-state index contributed by atoms with van der Waals surface area (Å²) in [6, 6.07) is -0.0754. The first-order valence-electron chi connectivity index (χ1n) is 4.43. The smallest absolute Gasteiger partial charge is 0.272 e. The molecule has 0 aromatic rings. The zero-order valence-electron chi connectivity index (χ0n) is 7.40. The lowest BCUT2D eigenvalue weighted by molar-refractivity contribution is -0.121. The summed E-state index contributed by atoms with van der Waals surface area (Å²) in [5.74, 6) is -0.597. The Hall–Kier alpha value is 0.630. The second-order valence-corrected chi connectivity index (χ2v) is 6.22. The van der Waals surface area contributed by atoms with Crippen molar-refractivity contribution < 1.29 is 4.79 Å². The molecule has 2 nitrogen and oxygen atoms in total. The summed E-state index contributed by atoms with van der Waals surface area (Å²) in [6.45, 7) is 0. The fraction of sp³-hybridized carbons (Fsp3) is 0.875. The summed E-state index contributed by atoms with van der Waals surface area (Å²) in [5, 5.41) is 2.59. The topological polar surface area (TPSA) is 29.1 Å². The Morgan fingerprint density at radius 1 is 1.21 bits per heavy atom. The molecular formula is C8H11Cl4NO. The lowest BCUT2D eigenvalue weighted by Gasteiger charge is -2.28. The summed E-state index contributed by atoms with van der Waals surface area (Å²) in [7, 11) is 0. The van der Waals surface area contributed by atoms with Gasteiger partial charge in [0.1, 0.15) is 0 Å². The molecule has 0 aromatic carbocycles. The molecule has 0 aromatic heterocycles. The minimum absolute atomic E-state index is 0.0555. The molecule has 0 saturated heterocycles. The second kappa shape index (κ2) is 5.11. The lowest BCUT2D eigenvalue weighted by Crippen LogP contribution is -2.47. The highest BCUT2D eigenvalue weighted by molar-refractivity contribution is 6.76. The van der Waals surface area contributed by atoms with Gasteiger partial charge in [-0.3, -0.25) is 4.79 Å². The van der Waals surface area contributed by atoms with E-state index in [-0.39, 0.29) is 11.4 Å². The van der Waals surface area contributed by atoms with Crippen LogP contribution in [0.1, 0.15) is 25.7 Å². The van der Waals surface area contributed by atoms with Crippen molar-refractivity contribution in [3.05, 3.63) is 0 Å². The summed E-state index contributed by atoms with van der Waals surface area (Å²) in [6.07, 6.45) is 3.88. The average molecular weight is 279 g/mol. The summed E-state index contributed by atoms with van der Waals surface area (Å²) >= 11 is 22.3. The number of carbonyl (C=O) groups excluding carboxylic acids is 1. The molecule has 1 amide bonds. The Kier molecular flexibility index (Phi) is 4.63. The van der Waals surface area contributed by atoms with Crippen LogP contribution >= 0.6 is 46.4 Å². The molecule has 1 aliphatic carbocycles. The molecule has 0 unspecified atom stereocenters. The fourth-order valence-corrected chi connectivity index (χ4v) is 2.01. The van der Waals surface area contributed by atoms with Crippen LogP contribution in [-0.2, 0) is 4.79 Å². The Morgan fingerprint density at radius 3 is 2.29 bits per heavy atom. The van der Waals surface area contributed by atoms with E-state index in [0.717, 1.165) is 25.7 Å². The van der Waals surface area contributed by atoms with Crippen molar-refractivity contribution in [1.29, 1.82) is 0 Å². The van der Waals surface area contributed by atoms with Crippen molar-refractivity contribution in [2.75, 3.05) is 0 Å². The van der Waals surface area contributed by atoms with E-state index in [0.29, 0.717) is 0 Å². The van der Waals surface area contributed by atoms with Gasteiger partial charge in [-0.15, -0.1) is 11.6 Å². The molecule has 0 aliphatic heterocycles. The summed E-state index contributed by atoms with van der Waals surface area (Å²) < 4.78 is -1.89. The van der Waals surface area contributed by atoms with E-state index in [1.54, 1.807) is 0 Å². The maximum Gasteiger partial charge on any atom is 0.272 e. The molecule has 0 spiro atoms. The van der Waals surface area contributed by atoms with Crippen LogP contribution in [0.4, 0.5) is 0 Å². The van der Waals surface area contributed by atoms with Crippen LogP contribution in [0, 0.1) is 0 Å². The van der Waals surface area contributed by atoms with Gasteiger partial charge in [0.2, 0.25) is 0 Å². The second-order valence-electron chi connectivity index (χ2n) is 3.38. The van der Waals surface area contributed by atoms with Crippen LogP contribution in [0.15, 0.2) is 0 Å². The van der Waals surface area contributed by atoms with Gasteiger partial charge in [-0.1, -0.05) is 47.6 Å². The molecule has 1 saturated carbocycles. The predicted octanol–water partition coefficient (Wildman–Crippen LogP) is 3.02. The molecule has 14 heavy (non-hydrogen) atoms. The molecule has 0 radical (unpaired) electrons. The van der Waals surface area contributed by atoms with Gasteiger partial charge in [-0.25, -0.2) is 0 Å². The van der Waals surface area contributed by atoms with Gasteiger partial charge in [0.15, 0.2) is 0 Å². The third kappa shape index (κ3) is 3.65. The number of nitrogens with one attached hydrogen (secondary N) is 1.